The maximum Gasteiger partial charge on any atom is 0.0746 e. The van der Waals surface area contributed by atoms with Gasteiger partial charge < -0.3 is 4.90 Å². The van der Waals surface area contributed by atoms with Crippen molar-refractivity contribution in [3.63, 3.8) is 0 Å². The molecule has 0 saturated heterocycles. The second-order valence-electron chi connectivity index (χ2n) is 18.3. The zero-order valence-electron chi connectivity index (χ0n) is 37.3. The fourth-order valence-electron chi connectivity index (χ4n) is 12.0. The number of benzene rings is 12. The summed E-state index contributed by atoms with van der Waals surface area (Å²) in [5, 5.41) is 7.72. The van der Waals surface area contributed by atoms with E-state index < -0.39 is 5.41 Å². The normalized spacial score (nSPS) is 14.2. The van der Waals surface area contributed by atoms with E-state index in [2.05, 4.69) is 266 Å². The molecule has 316 valence electrons. The van der Waals surface area contributed by atoms with E-state index in [4.69, 9.17) is 0 Å². The van der Waals surface area contributed by atoms with Gasteiger partial charge in [0.1, 0.15) is 0 Å². The van der Waals surface area contributed by atoms with E-state index in [9.17, 15) is 0 Å². The van der Waals surface area contributed by atoms with Gasteiger partial charge in [0.2, 0.25) is 0 Å². The Hall–Kier alpha value is -8.78. The van der Waals surface area contributed by atoms with Crippen molar-refractivity contribution in [1.82, 2.24) is 0 Å². The van der Waals surface area contributed by atoms with E-state index in [0.29, 0.717) is 0 Å². The van der Waals surface area contributed by atoms with Crippen LogP contribution in [0.15, 0.2) is 261 Å². The summed E-state index contributed by atoms with van der Waals surface area (Å²) in [6.45, 7) is 0. The number of hydrogen-bond donors (Lipinski definition) is 0. The average molecular weight is 862 g/mol. The van der Waals surface area contributed by atoms with Crippen molar-refractivity contribution in [3.8, 4) is 55.6 Å². The molecule has 12 aromatic carbocycles. The summed E-state index contributed by atoms with van der Waals surface area (Å²) < 4.78 is 0. The lowest BCUT2D eigenvalue weighted by Gasteiger charge is -2.36. The van der Waals surface area contributed by atoms with E-state index in [1.165, 1.54) is 110 Å². The third kappa shape index (κ3) is 5.57. The first kappa shape index (κ1) is 38.5. The highest BCUT2D eigenvalue weighted by molar-refractivity contribution is 6.26. The average Bonchev–Trinajstić information content (AvgIpc) is 3.89. The molecule has 0 fully saturated rings. The van der Waals surface area contributed by atoms with Crippen LogP contribution in [-0.4, -0.2) is 0 Å². The molecule has 1 unspecified atom stereocenters. The highest BCUT2D eigenvalue weighted by Crippen LogP contribution is 2.66. The molecule has 0 heterocycles. The van der Waals surface area contributed by atoms with Crippen LogP contribution in [0.2, 0.25) is 0 Å². The highest BCUT2D eigenvalue weighted by Gasteiger charge is 2.53. The van der Waals surface area contributed by atoms with Gasteiger partial charge in [-0.15, -0.1) is 0 Å². The Kier molecular flexibility index (Phi) is 8.57. The standard InChI is InChI=1S/C67H43N/c1-3-18-44(19-4-1)45-34-36-46(37-35-45)47-38-40-49(41-39-47)68(64-32-16-13-22-50(64)48-20-5-2-6-21-48)65-33-17-29-57-55-27-11-14-30-61(55)67(66(57)65)62-31-15-12-28-56(62)60-42-58-53-25-9-7-23-51(53)52-24-8-10-26-54(52)59(58)43-63(60)67/h1-43H. The largest absolute Gasteiger partial charge is 0.310 e. The second kappa shape index (κ2) is 15.1. The molecule has 0 radical (unpaired) electrons. The van der Waals surface area contributed by atoms with E-state index in [1.54, 1.807) is 0 Å². The number of hydrogen-bond acceptors (Lipinski definition) is 1. The number of fused-ring (bicyclic) bond motifs is 16. The SMILES string of the molecule is c1ccc(-c2ccc(-c3ccc(N(c4ccccc4-c4ccccc4)c4cccc5c4C4(c6ccccc6-c6cc7c8ccccc8c8ccccc8c7cc64)c4ccccc4-5)cc3)cc2)cc1. The fraction of sp³-hybridized carbons (Fsp3) is 0.0149. The first-order valence-electron chi connectivity index (χ1n) is 23.7. The van der Waals surface area contributed by atoms with E-state index >= 15 is 0 Å². The van der Waals surface area contributed by atoms with Gasteiger partial charge in [-0.2, -0.15) is 0 Å². The maximum atomic E-state index is 2.57. The van der Waals surface area contributed by atoms with Gasteiger partial charge in [0.25, 0.3) is 0 Å². The summed E-state index contributed by atoms with van der Waals surface area (Å²) in [6.07, 6.45) is 0. The lowest BCUT2D eigenvalue weighted by Crippen LogP contribution is -2.28. The van der Waals surface area contributed by atoms with Crippen molar-refractivity contribution in [2.24, 2.45) is 0 Å². The van der Waals surface area contributed by atoms with Crippen LogP contribution >= 0.6 is 0 Å². The molecule has 0 N–H and O–H groups in total. The Balaban J connectivity index is 1.05. The number of para-hydroxylation sites is 1. The molecule has 1 heteroatoms. The first-order valence-corrected chi connectivity index (χ1v) is 23.7. The minimum Gasteiger partial charge on any atom is -0.310 e. The maximum absolute atomic E-state index is 2.57. The minimum absolute atomic E-state index is 0.615. The Morgan fingerprint density at radius 1 is 0.235 bits per heavy atom. The van der Waals surface area contributed by atoms with Crippen LogP contribution in [0.1, 0.15) is 22.3 Å². The highest BCUT2D eigenvalue weighted by atomic mass is 15.1. The fourth-order valence-corrected chi connectivity index (χ4v) is 12.0. The summed E-state index contributed by atoms with van der Waals surface area (Å²) in [5.41, 5.74) is 20.3. The summed E-state index contributed by atoms with van der Waals surface area (Å²) in [7, 11) is 0. The molecule has 14 rings (SSSR count). The lowest BCUT2D eigenvalue weighted by molar-refractivity contribution is 0.794. The summed E-state index contributed by atoms with van der Waals surface area (Å²) in [4.78, 5) is 2.54. The summed E-state index contributed by atoms with van der Waals surface area (Å²) in [6, 6.07) is 97.0. The topological polar surface area (TPSA) is 3.24 Å². The van der Waals surface area contributed by atoms with Crippen LogP contribution in [0.3, 0.4) is 0 Å². The predicted molar refractivity (Wildman–Crippen MR) is 286 cm³/mol. The summed E-state index contributed by atoms with van der Waals surface area (Å²) in [5.74, 6) is 0. The molecule has 0 amide bonds. The van der Waals surface area contributed by atoms with Crippen molar-refractivity contribution < 1.29 is 0 Å². The Bertz CT molecular complexity index is 3940. The first-order chi connectivity index (χ1) is 33.8. The van der Waals surface area contributed by atoms with Crippen LogP contribution in [0.25, 0.3) is 88.0 Å². The van der Waals surface area contributed by atoms with E-state index in [-0.39, 0.29) is 0 Å². The Morgan fingerprint density at radius 3 is 1.25 bits per heavy atom. The zero-order chi connectivity index (χ0) is 44.8. The molecule has 1 atom stereocenters. The Morgan fingerprint density at radius 2 is 0.647 bits per heavy atom. The molecule has 0 aliphatic heterocycles. The molecular weight excluding hydrogens is 819 g/mol. The molecule has 0 aromatic heterocycles. The number of rotatable bonds is 6. The van der Waals surface area contributed by atoms with E-state index in [1.807, 2.05) is 0 Å². The van der Waals surface area contributed by atoms with Gasteiger partial charge in [-0.05, 0) is 135 Å². The Labute approximate surface area is 396 Å². The van der Waals surface area contributed by atoms with Crippen LogP contribution in [0, 0.1) is 0 Å². The molecule has 2 aliphatic carbocycles. The van der Waals surface area contributed by atoms with Gasteiger partial charge in [-0.25, -0.2) is 0 Å². The molecule has 0 bridgehead atoms. The van der Waals surface area contributed by atoms with Gasteiger partial charge in [0.15, 0.2) is 0 Å². The van der Waals surface area contributed by atoms with Gasteiger partial charge >= 0.3 is 0 Å². The van der Waals surface area contributed by atoms with Crippen molar-refractivity contribution in [2.45, 2.75) is 5.41 Å². The van der Waals surface area contributed by atoms with E-state index in [0.717, 1.165) is 17.1 Å². The van der Waals surface area contributed by atoms with Crippen LogP contribution < -0.4 is 4.90 Å². The smallest absolute Gasteiger partial charge is 0.0746 e. The summed E-state index contributed by atoms with van der Waals surface area (Å²) >= 11 is 0. The quantitative estimate of drug-likeness (QED) is 0.151. The van der Waals surface area contributed by atoms with Crippen LogP contribution in [-0.2, 0) is 5.41 Å². The van der Waals surface area contributed by atoms with Crippen molar-refractivity contribution in [2.75, 3.05) is 4.90 Å². The molecular formula is C67H43N. The van der Waals surface area contributed by atoms with Gasteiger partial charge in [-0.3, -0.25) is 0 Å². The molecule has 68 heavy (non-hydrogen) atoms. The van der Waals surface area contributed by atoms with Crippen molar-refractivity contribution in [3.05, 3.63) is 283 Å². The third-order valence-electron chi connectivity index (χ3n) is 14.9. The van der Waals surface area contributed by atoms with Gasteiger partial charge in [0, 0.05) is 16.8 Å². The lowest BCUT2D eigenvalue weighted by atomic mass is 9.69. The molecule has 2 aliphatic rings. The molecule has 1 nitrogen and oxygen atoms in total. The molecule has 1 spiro atoms. The van der Waals surface area contributed by atoms with Gasteiger partial charge in [0.05, 0.1) is 16.8 Å². The van der Waals surface area contributed by atoms with Crippen molar-refractivity contribution >= 4 is 49.4 Å². The molecule has 12 aromatic rings. The van der Waals surface area contributed by atoms with Gasteiger partial charge in [-0.1, -0.05) is 224 Å². The number of anilines is 3. The zero-order valence-corrected chi connectivity index (χ0v) is 37.3. The van der Waals surface area contributed by atoms with Crippen LogP contribution in [0.5, 0.6) is 0 Å². The predicted octanol–water partition coefficient (Wildman–Crippen LogP) is 18.0. The minimum atomic E-state index is -0.615. The number of nitrogens with zero attached hydrogens (tertiary/aromatic N) is 1. The second-order valence-corrected chi connectivity index (χ2v) is 18.3. The van der Waals surface area contributed by atoms with Crippen LogP contribution in [0.4, 0.5) is 17.1 Å². The van der Waals surface area contributed by atoms with Crippen molar-refractivity contribution in [1.29, 1.82) is 0 Å². The molecule has 0 saturated carbocycles. The monoisotopic (exact) mass is 861 g/mol. The third-order valence-corrected chi connectivity index (χ3v) is 14.9.